The van der Waals surface area contributed by atoms with Crippen LogP contribution in [0.5, 0.6) is 5.75 Å². The van der Waals surface area contributed by atoms with Gasteiger partial charge in [0, 0.05) is 12.1 Å². The molecular weight excluding hydrogens is 349 g/mol. The van der Waals surface area contributed by atoms with Gasteiger partial charge >= 0.3 is 5.97 Å². The van der Waals surface area contributed by atoms with E-state index in [1.54, 1.807) is 7.11 Å². The van der Waals surface area contributed by atoms with Crippen molar-refractivity contribution in [3.05, 3.63) is 58.9 Å². The molecule has 7 heteroatoms. The summed E-state index contributed by atoms with van der Waals surface area (Å²) in [5, 5.41) is 2.37. The number of halogens is 2. The number of benzene rings is 2. The standard InChI is InChI=1S/C18H17ClFNO4/c1-24-14-6-2-12(3-7-14)4-9-18(23)25-11-17(22)21-13-5-8-16(20)15(19)10-13/h2-3,5-8,10H,4,9,11H2,1H3,(H,21,22). The van der Waals surface area contributed by atoms with Crippen LogP contribution in [-0.4, -0.2) is 25.6 Å². The van der Waals surface area contributed by atoms with Crippen molar-refractivity contribution in [2.75, 3.05) is 19.0 Å². The van der Waals surface area contributed by atoms with Gasteiger partial charge in [-0.15, -0.1) is 0 Å². The summed E-state index contributed by atoms with van der Waals surface area (Å²) in [6, 6.07) is 11.1. The fraction of sp³-hybridized carbons (Fsp3) is 0.222. The molecule has 0 heterocycles. The van der Waals surface area contributed by atoms with Gasteiger partial charge in [0.25, 0.3) is 5.91 Å². The molecule has 5 nitrogen and oxygen atoms in total. The Morgan fingerprint density at radius 1 is 1.16 bits per heavy atom. The van der Waals surface area contributed by atoms with E-state index in [0.29, 0.717) is 12.1 Å². The van der Waals surface area contributed by atoms with Crippen molar-refractivity contribution in [2.45, 2.75) is 12.8 Å². The van der Waals surface area contributed by atoms with Crippen LogP contribution in [0.4, 0.5) is 10.1 Å². The van der Waals surface area contributed by atoms with Gasteiger partial charge in [-0.1, -0.05) is 23.7 Å². The monoisotopic (exact) mass is 365 g/mol. The first-order valence-electron chi connectivity index (χ1n) is 7.51. The van der Waals surface area contributed by atoms with Crippen LogP contribution < -0.4 is 10.1 Å². The van der Waals surface area contributed by atoms with Gasteiger partial charge in [0.1, 0.15) is 11.6 Å². The van der Waals surface area contributed by atoms with Crippen LogP contribution in [0, 0.1) is 5.82 Å². The second-order valence-electron chi connectivity index (χ2n) is 5.19. The predicted octanol–water partition coefficient (Wildman–Crippen LogP) is 3.60. The lowest BCUT2D eigenvalue weighted by Gasteiger charge is -2.07. The van der Waals surface area contributed by atoms with E-state index < -0.39 is 24.3 Å². The van der Waals surface area contributed by atoms with Gasteiger partial charge in [-0.25, -0.2) is 4.39 Å². The smallest absolute Gasteiger partial charge is 0.306 e. The summed E-state index contributed by atoms with van der Waals surface area (Å²) >= 11 is 5.62. The minimum atomic E-state index is -0.579. The molecule has 132 valence electrons. The van der Waals surface area contributed by atoms with Gasteiger partial charge in [-0.05, 0) is 42.3 Å². The zero-order valence-electron chi connectivity index (χ0n) is 13.6. The summed E-state index contributed by atoms with van der Waals surface area (Å²) in [4.78, 5) is 23.4. The Bertz CT molecular complexity index is 749. The predicted molar refractivity (Wildman–Crippen MR) is 92.3 cm³/mol. The molecule has 2 aromatic rings. The number of esters is 1. The molecule has 0 saturated carbocycles. The molecule has 2 rings (SSSR count). The SMILES string of the molecule is COc1ccc(CCC(=O)OCC(=O)Nc2ccc(F)c(Cl)c2)cc1. The molecule has 0 aliphatic rings. The molecule has 0 spiro atoms. The number of carbonyl (C=O) groups is 2. The molecule has 0 aliphatic heterocycles. The number of anilines is 1. The van der Waals surface area contributed by atoms with Crippen molar-refractivity contribution in [1.82, 2.24) is 0 Å². The highest BCUT2D eigenvalue weighted by atomic mass is 35.5. The van der Waals surface area contributed by atoms with Crippen molar-refractivity contribution in [1.29, 1.82) is 0 Å². The number of amides is 1. The van der Waals surface area contributed by atoms with E-state index in [2.05, 4.69) is 5.32 Å². The number of ether oxygens (including phenoxy) is 2. The van der Waals surface area contributed by atoms with Crippen LogP contribution in [0.15, 0.2) is 42.5 Å². The largest absolute Gasteiger partial charge is 0.497 e. The molecule has 1 N–H and O–H groups in total. The number of aryl methyl sites for hydroxylation is 1. The molecule has 25 heavy (non-hydrogen) atoms. The molecule has 0 fully saturated rings. The van der Waals surface area contributed by atoms with E-state index in [4.69, 9.17) is 21.1 Å². The minimum absolute atomic E-state index is 0.103. The van der Waals surface area contributed by atoms with Crippen LogP contribution in [0.3, 0.4) is 0 Å². The zero-order valence-corrected chi connectivity index (χ0v) is 14.3. The number of hydrogen-bond donors (Lipinski definition) is 1. The van der Waals surface area contributed by atoms with Crippen LogP contribution >= 0.6 is 11.6 Å². The lowest BCUT2D eigenvalue weighted by Crippen LogP contribution is -2.21. The van der Waals surface area contributed by atoms with Crippen LogP contribution in [0.2, 0.25) is 5.02 Å². The second kappa shape index (κ2) is 9.03. The fourth-order valence-corrected chi connectivity index (χ4v) is 2.21. The summed E-state index contributed by atoms with van der Waals surface area (Å²) in [5.41, 5.74) is 1.29. The Morgan fingerprint density at radius 3 is 2.52 bits per heavy atom. The normalized spacial score (nSPS) is 10.2. The first-order chi connectivity index (χ1) is 12.0. The number of carbonyl (C=O) groups excluding carboxylic acids is 2. The first-order valence-corrected chi connectivity index (χ1v) is 7.89. The number of methoxy groups -OCH3 is 1. The Labute approximate surface area is 149 Å². The summed E-state index contributed by atoms with van der Waals surface area (Å²) in [6.45, 7) is -0.420. The van der Waals surface area contributed by atoms with E-state index in [0.717, 1.165) is 17.4 Å². The van der Waals surface area contributed by atoms with Crippen LogP contribution in [0.1, 0.15) is 12.0 Å². The van der Waals surface area contributed by atoms with Crippen LogP contribution in [0.25, 0.3) is 0 Å². The molecular formula is C18H17ClFNO4. The van der Waals surface area contributed by atoms with Crippen molar-refractivity contribution >= 4 is 29.2 Å². The highest BCUT2D eigenvalue weighted by Gasteiger charge is 2.09. The second-order valence-corrected chi connectivity index (χ2v) is 5.59. The third kappa shape index (κ3) is 6.08. The number of hydrogen-bond acceptors (Lipinski definition) is 4. The van der Waals surface area contributed by atoms with E-state index in [1.807, 2.05) is 24.3 Å². The van der Waals surface area contributed by atoms with Gasteiger partial charge < -0.3 is 14.8 Å². The molecule has 0 unspecified atom stereocenters. The van der Waals surface area contributed by atoms with Crippen molar-refractivity contribution in [2.24, 2.45) is 0 Å². The summed E-state index contributed by atoms with van der Waals surface area (Å²) in [6.07, 6.45) is 0.653. The Balaban J connectivity index is 1.73. The van der Waals surface area contributed by atoms with Gasteiger partial charge in [0.2, 0.25) is 0 Å². The van der Waals surface area contributed by atoms with Gasteiger partial charge in [-0.3, -0.25) is 9.59 Å². The maximum atomic E-state index is 13.0. The third-order valence-electron chi connectivity index (χ3n) is 3.34. The number of rotatable bonds is 7. The topological polar surface area (TPSA) is 64.6 Å². The molecule has 0 radical (unpaired) electrons. The highest BCUT2D eigenvalue weighted by molar-refractivity contribution is 6.31. The Morgan fingerprint density at radius 2 is 1.88 bits per heavy atom. The van der Waals surface area contributed by atoms with Gasteiger partial charge in [0.15, 0.2) is 6.61 Å². The average Bonchev–Trinajstić information content (AvgIpc) is 2.61. The molecule has 2 aromatic carbocycles. The van der Waals surface area contributed by atoms with Gasteiger partial charge in [-0.2, -0.15) is 0 Å². The van der Waals surface area contributed by atoms with Crippen molar-refractivity contribution in [3.63, 3.8) is 0 Å². The lowest BCUT2D eigenvalue weighted by atomic mass is 10.1. The summed E-state index contributed by atoms with van der Waals surface area (Å²) in [7, 11) is 1.58. The molecule has 0 atom stereocenters. The van der Waals surface area contributed by atoms with Crippen LogP contribution in [-0.2, 0) is 20.7 Å². The average molecular weight is 366 g/mol. The van der Waals surface area contributed by atoms with Crippen molar-refractivity contribution in [3.8, 4) is 5.75 Å². The maximum Gasteiger partial charge on any atom is 0.306 e. The Hall–Kier alpha value is -2.60. The Kier molecular flexibility index (Phi) is 6.77. The van der Waals surface area contributed by atoms with E-state index in [1.165, 1.54) is 12.1 Å². The van der Waals surface area contributed by atoms with E-state index >= 15 is 0 Å². The lowest BCUT2D eigenvalue weighted by molar-refractivity contribution is -0.147. The highest BCUT2D eigenvalue weighted by Crippen LogP contribution is 2.19. The first kappa shape index (κ1) is 18.7. The molecule has 0 saturated heterocycles. The zero-order chi connectivity index (χ0) is 18.2. The molecule has 0 bridgehead atoms. The summed E-state index contributed by atoms with van der Waals surface area (Å²) in [5.74, 6) is -0.850. The molecule has 0 aromatic heterocycles. The van der Waals surface area contributed by atoms with E-state index in [9.17, 15) is 14.0 Å². The summed E-state index contributed by atoms with van der Waals surface area (Å²) < 4.78 is 23.0. The molecule has 1 amide bonds. The minimum Gasteiger partial charge on any atom is -0.497 e. The quantitative estimate of drug-likeness (QED) is 0.761. The maximum absolute atomic E-state index is 13.0. The van der Waals surface area contributed by atoms with Gasteiger partial charge in [0.05, 0.1) is 12.1 Å². The fourth-order valence-electron chi connectivity index (χ4n) is 2.03. The molecule has 0 aliphatic carbocycles. The van der Waals surface area contributed by atoms with E-state index in [-0.39, 0.29) is 11.4 Å². The van der Waals surface area contributed by atoms with Crippen molar-refractivity contribution < 1.29 is 23.5 Å². The third-order valence-corrected chi connectivity index (χ3v) is 3.63. The number of nitrogens with one attached hydrogen (secondary N) is 1.